The van der Waals surface area contributed by atoms with Crippen LogP contribution >= 0.6 is 0 Å². The fourth-order valence-corrected chi connectivity index (χ4v) is 3.42. The third-order valence-corrected chi connectivity index (χ3v) is 4.68. The normalized spacial score (nSPS) is 23.1. The van der Waals surface area contributed by atoms with Crippen molar-refractivity contribution in [2.45, 2.75) is 31.7 Å². The maximum absolute atomic E-state index is 6.38. The summed E-state index contributed by atoms with van der Waals surface area (Å²) >= 11 is 0. The van der Waals surface area contributed by atoms with E-state index in [1.807, 2.05) is 18.5 Å². The first kappa shape index (κ1) is 13.8. The molecule has 1 aliphatic heterocycles. The lowest BCUT2D eigenvalue weighted by Crippen LogP contribution is -2.51. The van der Waals surface area contributed by atoms with Gasteiger partial charge in [0, 0.05) is 51.2 Å². The number of piperazine rings is 1. The first-order valence-corrected chi connectivity index (χ1v) is 7.83. The van der Waals surface area contributed by atoms with Gasteiger partial charge < -0.3 is 10.6 Å². The van der Waals surface area contributed by atoms with Crippen molar-refractivity contribution < 1.29 is 0 Å². The molecule has 20 heavy (non-hydrogen) atoms. The number of hydrogen-bond donors (Lipinski definition) is 1. The van der Waals surface area contributed by atoms with E-state index in [2.05, 4.69) is 19.8 Å². The van der Waals surface area contributed by atoms with Crippen LogP contribution in [0.5, 0.6) is 0 Å². The summed E-state index contributed by atoms with van der Waals surface area (Å²) in [5.74, 6) is 1.61. The molecule has 2 N–H and O–H groups in total. The summed E-state index contributed by atoms with van der Waals surface area (Å²) in [6, 6.07) is 2.22. The van der Waals surface area contributed by atoms with Gasteiger partial charge in [0.1, 0.15) is 0 Å². The Morgan fingerprint density at radius 1 is 1.10 bits per heavy atom. The molecule has 5 nitrogen and oxygen atoms in total. The van der Waals surface area contributed by atoms with Crippen molar-refractivity contribution in [3.05, 3.63) is 18.5 Å². The van der Waals surface area contributed by atoms with Crippen molar-refractivity contribution in [1.82, 2.24) is 14.9 Å². The predicted molar refractivity (Wildman–Crippen MR) is 80.6 cm³/mol. The summed E-state index contributed by atoms with van der Waals surface area (Å²) in [4.78, 5) is 13.4. The summed E-state index contributed by atoms with van der Waals surface area (Å²) in [7, 11) is 0. The van der Waals surface area contributed by atoms with E-state index in [4.69, 9.17) is 5.73 Å². The van der Waals surface area contributed by atoms with E-state index in [1.165, 1.54) is 25.7 Å². The smallest absolute Gasteiger partial charge is 0.225 e. The highest BCUT2D eigenvalue weighted by molar-refractivity contribution is 5.29. The average molecular weight is 275 g/mol. The van der Waals surface area contributed by atoms with E-state index in [9.17, 15) is 0 Å². The van der Waals surface area contributed by atoms with E-state index in [0.717, 1.165) is 44.6 Å². The Balaban J connectivity index is 1.46. The first-order chi connectivity index (χ1) is 9.83. The number of anilines is 1. The molecule has 0 amide bonds. The summed E-state index contributed by atoms with van der Waals surface area (Å²) in [6.45, 7) is 5.19. The van der Waals surface area contributed by atoms with Crippen molar-refractivity contribution in [2.75, 3.05) is 37.6 Å². The number of nitrogens with zero attached hydrogens (tertiary/aromatic N) is 4. The SMILES string of the molecule is NC(CN1CCN(c2ncccn2)CC1)C1CCCC1. The predicted octanol–water partition coefficient (Wildman–Crippen LogP) is 1.12. The molecule has 1 atom stereocenters. The molecule has 0 spiro atoms. The fourth-order valence-electron chi connectivity index (χ4n) is 3.42. The minimum atomic E-state index is 0.358. The van der Waals surface area contributed by atoms with Gasteiger partial charge in [-0.25, -0.2) is 9.97 Å². The maximum atomic E-state index is 6.38. The summed E-state index contributed by atoms with van der Waals surface area (Å²) in [5.41, 5.74) is 6.38. The van der Waals surface area contributed by atoms with Gasteiger partial charge in [0.05, 0.1) is 0 Å². The van der Waals surface area contributed by atoms with Gasteiger partial charge in [-0.05, 0) is 24.8 Å². The second-order valence-corrected chi connectivity index (χ2v) is 6.04. The third-order valence-electron chi connectivity index (χ3n) is 4.68. The van der Waals surface area contributed by atoms with Gasteiger partial charge in [0.15, 0.2) is 0 Å². The molecule has 3 rings (SSSR count). The van der Waals surface area contributed by atoms with Crippen LogP contribution in [0.3, 0.4) is 0 Å². The van der Waals surface area contributed by atoms with E-state index in [0.29, 0.717) is 6.04 Å². The van der Waals surface area contributed by atoms with Crippen LogP contribution in [-0.4, -0.2) is 53.6 Å². The molecule has 1 aliphatic carbocycles. The average Bonchev–Trinajstić information content (AvgIpc) is 3.03. The molecule has 0 bridgehead atoms. The van der Waals surface area contributed by atoms with Gasteiger partial charge >= 0.3 is 0 Å². The van der Waals surface area contributed by atoms with Gasteiger partial charge in [-0.15, -0.1) is 0 Å². The van der Waals surface area contributed by atoms with Crippen LogP contribution in [0.1, 0.15) is 25.7 Å². The Kier molecular flexibility index (Phi) is 4.47. The zero-order valence-electron chi connectivity index (χ0n) is 12.1. The van der Waals surface area contributed by atoms with E-state index in [-0.39, 0.29) is 0 Å². The van der Waals surface area contributed by atoms with Gasteiger partial charge in [0.25, 0.3) is 0 Å². The zero-order valence-corrected chi connectivity index (χ0v) is 12.1. The monoisotopic (exact) mass is 275 g/mol. The van der Waals surface area contributed by atoms with Crippen molar-refractivity contribution in [2.24, 2.45) is 11.7 Å². The van der Waals surface area contributed by atoms with Gasteiger partial charge in [-0.1, -0.05) is 12.8 Å². The highest BCUT2D eigenvalue weighted by atomic mass is 15.3. The largest absolute Gasteiger partial charge is 0.338 e. The van der Waals surface area contributed by atoms with Crippen molar-refractivity contribution in [1.29, 1.82) is 0 Å². The minimum absolute atomic E-state index is 0.358. The molecule has 0 radical (unpaired) electrons. The quantitative estimate of drug-likeness (QED) is 0.892. The Hall–Kier alpha value is -1.20. The standard InChI is InChI=1S/C15H25N5/c16-14(13-4-1-2-5-13)12-19-8-10-20(11-9-19)15-17-6-3-7-18-15/h3,6-7,13-14H,1-2,4-5,8-12,16H2. The van der Waals surface area contributed by atoms with Crippen LogP contribution < -0.4 is 10.6 Å². The van der Waals surface area contributed by atoms with E-state index in [1.54, 1.807) is 0 Å². The Morgan fingerprint density at radius 2 is 1.75 bits per heavy atom. The second kappa shape index (κ2) is 6.50. The summed E-state index contributed by atoms with van der Waals surface area (Å²) in [5, 5.41) is 0. The molecule has 1 unspecified atom stereocenters. The molecular weight excluding hydrogens is 250 g/mol. The summed E-state index contributed by atoms with van der Waals surface area (Å²) < 4.78 is 0. The van der Waals surface area contributed by atoms with Crippen LogP contribution in [0.25, 0.3) is 0 Å². The first-order valence-electron chi connectivity index (χ1n) is 7.83. The van der Waals surface area contributed by atoms with Crippen LogP contribution in [0.15, 0.2) is 18.5 Å². The minimum Gasteiger partial charge on any atom is -0.338 e. The number of aromatic nitrogens is 2. The molecule has 2 aliphatic rings. The van der Waals surface area contributed by atoms with Gasteiger partial charge in [-0.3, -0.25) is 4.90 Å². The second-order valence-electron chi connectivity index (χ2n) is 6.04. The van der Waals surface area contributed by atoms with Crippen LogP contribution in [0.4, 0.5) is 5.95 Å². The molecule has 1 saturated carbocycles. The van der Waals surface area contributed by atoms with E-state index >= 15 is 0 Å². The molecule has 2 fully saturated rings. The Bertz CT molecular complexity index is 396. The molecule has 1 aromatic rings. The molecule has 110 valence electrons. The Morgan fingerprint density at radius 3 is 2.40 bits per heavy atom. The highest BCUT2D eigenvalue weighted by Crippen LogP contribution is 2.27. The van der Waals surface area contributed by atoms with Crippen molar-refractivity contribution in [3.63, 3.8) is 0 Å². The topological polar surface area (TPSA) is 58.3 Å². The van der Waals surface area contributed by atoms with Crippen LogP contribution in [0, 0.1) is 5.92 Å². The number of nitrogens with two attached hydrogens (primary N) is 1. The zero-order chi connectivity index (χ0) is 13.8. The van der Waals surface area contributed by atoms with Crippen molar-refractivity contribution in [3.8, 4) is 0 Å². The van der Waals surface area contributed by atoms with Gasteiger partial charge in [-0.2, -0.15) is 0 Å². The third kappa shape index (κ3) is 3.27. The van der Waals surface area contributed by atoms with Crippen molar-refractivity contribution >= 4 is 5.95 Å². The molecular formula is C15H25N5. The lowest BCUT2D eigenvalue weighted by atomic mass is 9.98. The fraction of sp³-hybridized carbons (Fsp3) is 0.733. The molecule has 5 heteroatoms. The summed E-state index contributed by atoms with van der Waals surface area (Å²) in [6.07, 6.45) is 9.03. The van der Waals surface area contributed by atoms with Gasteiger partial charge in [0.2, 0.25) is 5.95 Å². The number of hydrogen-bond acceptors (Lipinski definition) is 5. The molecule has 1 saturated heterocycles. The number of rotatable bonds is 4. The lowest BCUT2D eigenvalue weighted by Gasteiger charge is -2.36. The van der Waals surface area contributed by atoms with Crippen LogP contribution in [-0.2, 0) is 0 Å². The van der Waals surface area contributed by atoms with Crippen LogP contribution in [0.2, 0.25) is 0 Å². The Labute approximate surface area is 121 Å². The maximum Gasteiger partial charge on any atom is 0.225 e. The van der Waals surface area contributed by atoms with E-state index < -0.39 is 0 Å². The lowest BCUT2D eigenvalue weighted by molar-refractivity contribution is 0.218. The molecule has 0 aromatic carbocycles. The molecule has 1 aromatic heterocycles. The highest BCUT2D eigenvalue weighted by Gasteiger charge is 2.25. The molecule has 2 heterocycles.